The van der Waals surface area contributed by atoms with Crippen LogP contribution >= 0.6 is 0 Å². The second-order valence-electron chi connectivity index (χ2n) is 3.48. The molecule has 0 saturated heterocycles. The molecule has 0 aliphatic heterocycles. The van der Waals surface area contributed by atoms with Gasteiger partial charge < -0.3 is 4.90 Å². The van der Waals surface area contributed by atoms with Crippen LogP contribution in [-0.4, -0.2) is 39.3 Å². The van der Waals surface area contributed by atoms with Crippen LogP contribution in [-0.2, 0) is 0 Å². The average Bonchev–Trinajstić information content (AvgIpc) is 2.65. The summed E-state index contributed by atoms with van der Waals surface area (Å²) in [6.45, 7) is 2.00. The Morgan fingerprint density at radius 2 is 2.13 bits per heavy atom. The van der Waals surface area contributed by atoms with E-state index in [1.165, 1.54) is 0 Å². The average molecular weight is 204 g/mol. The van der Waals surface area contributed by atoms with Crippen molar-refractivity contribution in [2.24, 2.45) is 0 Å². The van der Waals surface area contributed by atoms with Gasteiger partial charge in [0.1, 0.15) is 0 Å². The summed E-state index contributed by atoms with van der Waals surface area (Å²) in [4.78, 5) is 6.06. The smallest absolute Gasteiger partial charge is 0.251 e. The van der Waals surface area contributed by atoms with Gasteiger partial charge in [-0.25, -0.2) is 4.98 Å². The minimum absolute atomic E-state index is 0.660. The predicted molar refractivity (Wildman–Crippen MR) is 56.0 cm³/mol. The van der Waals surface area contributed by atoms with E-state index in [0.717, 1.165) is 11.4 Å². The van der Waals surface area contributed by atoms with Crippen LogP contribution in [0.15, 0.2) is 18.3 Å². The van der Waals surface area contributed by atoms with Gasteiger partial charge in [0, 0.05) is 20.3 Å². The Morgan fingerprint density at radius 3 is 2.80 bits per heavy atom. The van der Waals surface area contributed by atoms with Crippen molar-refractivity contribution < 1.29 is 0 Å². The highest BCUT2D eigenvalue weighted by molar-refractivity contribution is 5.36. The van der Waals surface area contributed by atoms with Crippen LogP contribution in [0.4, 0.5) is 5.95 Å². The first-order valence-electron chi connectivity index (χ1n) is 4.57. The molecule has 0 unspecified atom stereocenters. The van der Waals surface area contributed by atoms with Crippen LogP contribution in [0.25, 0.3) is 5.82 Å². The molecule has 0 spiro atoms. The fraction of sp³-hybridized carbons (Fsp3) is 0.333. The number of anilines is 1. The molecule has 2 aromatic heterocycles. The lowest BCUT2D eigenvalue weighted by molar-refractivity contribution is 0.765. The molecule has 0 aliphatic carbocycles. The van der Waals surface area contributed by atoms with Gasteiger partial charge in [-0.2, -0.15) is 4.68 Å². The first kappa shape index (κ1) is 9.57. The van der Waals surface area contributed by atoms with Crippen molar-refractivity contribution in [1.82, 2.24) is 25.2 Å². The summed E-state index contributed by atoms with van der Waals surface area (Å²) in [6, 6.07) is 3.87. The fourth-order valence-corrected chi connectivity index (χ4v) is 1.25. The molecular weight excluding hydrogens is 192 g/mol. The Labute approximate surface area is 87.5 Å². The van der Waals surface area contributed by atoms with E-state index in [-0.39, 0.29) is 0 Å². The van der Waals surface area contributed by atoms with Crippen molar-refractivity contribution in [2.75, 3.05) is 19.0 Å². The zero-order valence-corrected chi connectivity index (χ0v) is 8.92. The largest absolute Gasteiger partial charge is 0.345 e. The molecule has 6 nitrogen and oxygen atoms in total. The van der Waals surface area contributed by atoms with Crippen LogP contribution in [0, 0.1) is 6.92 Å². The molecule has 0 N–H and O–H groups in total. The summed E-state index contributed by atoms with van der Waals surface area (Å²) in [5, 5.41) is 11.4. The quantitative estimate of drug-likeness (QED) is 0.710. The highest BCUT2D eigenvalue weighted by atomic mass is 15.6. The molecular formula is C9H12N6. The minimum atomic E-state index is 0.660. The molecule has 0 saturated carbocycles. The second-order valence-corrected chi connectivity index (χ2v) is 3.48. The molecule has 0 radical (unpaired) electrons. The zero-order valence-electron chi connectivity index (χ0n) is 8.92. The lowest BCUT2D eigenvalue weighted by Gasteiger charge is -2.10. The highest BCUT2D eigenvalue weighted by Gasteiger charge is 2.10. The molecule has 0 bridgehead atoms. The summed E-state index contributed by atoms with van der Waals surface area (Å²) in [5.41, 5.74) is 1.13. The van der Waals surface area contributed by atoms with Crippen LogP contribution in [0.2, 0.25) is 0 Å². The first-order valence-corrected chi connectivity index (χ1v) is 4.57. The van der Waals surface area contributed by atoms with Gasteiger partial charge in [0.25, 0.3) is 5.95 Å². The molecule has 6 heteroatoms. The number of rotatable bonds is 2. The Kier molecular flexibility index (Phi) is 2.32. The number of pyridine rings is 1. The minimum Gasteiger partial charge on any atom is -0.345 e. The SMILES string of the molecule is Cc1ccnc(-n2nnnc2N(C)C)c1. The van der Waals surface area contributed by atoms with Crippen molar-refractivity contribution in [1.29, 1.82) is 0 Å². The van der Waals surface area contributed by atoms with E-state index in [4.69, 9.17) is 0 Å². The summed E-state index contributed by atoms with van der Waals surface area (Å²) in [5.74, 6) is 1.39. The van der Waals surface area contributed by atoms with E-state index in [0.29, 0.717) is 5.95 Å². The standard InChI is InChI=1S/C9H12N6/c1-7-4-5-10-8(6-7)15-9(14(2)3)11-12-13-15/h4-6H,1-3H3. The highest BCUT2D eigenvalue weighted by Crippen LogP contribution is 2.11. The molecule has 15 heavy (non-hydrogen) atoms. The van der Waals surface area contributed by atoms with Gasteiger partial charge in [0.15, 0.2) is 5.82 Å². The third kappa shape index (κ3) is 1.78. The van der Waals surface area contributed by atoms with Crippen LogP contribution in [0.5, 0.6) is 0 Å². The third-order valence-corrected chi connectivity index (χ3v) is 1.97. The number of aromatic nitrogens is 5. The molecule has 0 aromatic carbocycles. The maximum Gasteiger partial charge on any atom is 0.251 e. The number of hydrogen-bond donors (Lipinski definition) is 0. The van der Waals surface area contributed by atoms with E-state index in [1.807, 2.05) is 38.1 Å². The molecule has 0 atom stereocenters. The van der Waals surface area contributed by atoms with E-state index in [1.54, 1.807) is 10.9 Å². The topological polar surface area (TPSA) is 59.7 Å². The van der Waals surface area contributed by atoms with Gasteiger partial charge in [0.05, 0.1) is 0 Å². The monoisotopic (exact) mass is 204 g/mol. The predicted octanol–water partition coefficient (Wildman–Crippen LogP) is 0.432. The molecule has 0 aliphatic rings. The summed E-state index contributed by atoms with van der Waals surface area (Å²) >= 11 is 0. The number of nitrogens with zero attached hydrogens (tertiary/aromatic N) is 6. The lowest BCUT2D eigenvalue weighted by Crippen LogP contribution is -2.15. The molecule has 78 valence electrons. The van der Waals surface area contributed by atoms with Crippen molar-refractivity contribution in [3.8, 4) is 5.82 Å². The maximum absolute atomic E-state index is 4.22. The molecule has 0 fully saturated rings. The number of hydrogen-bond acceptors (Lipinski definition) is 5. The van der Waals surface area contributed by atoms with Crippen LogP contribution < -0.4 is 4.90 Å². The van der Waals surface area contributed by atoms with E-state index >= 15 is 0 Å². The Bertz CT molecular complexity index is 461. The summed E-state index contributed by atoms with van der Waals surface area (Å²) in [6.07, 6.45) is 1.74. The zero-order chi connectivity index (χ0) is 10.8. The van der Waals surface area contributed by atoms with E-state index in [9.17, 15) is 0 Å². The van der Waals surface area contributed by atoms with Crippen molar-refractivity contribution in [3.05, 3.63) is 23.9 Å². The lowest BCUT2D eigenvalue weighted by atomic mass is 10.3. The van der Waals surface area contributed by atoms with Gasteiger partial charge in [0.2, 0.25) is 0 Å². The molecule has 2 heterocycles. The molecule has 2 aromatic rings. The van der Waals surface area contributed by atoms with Crippen molar-refractivity contribution in [2.45, 2.75) is 6.92 Å². The van der Waals surface area contributed by atoms with Crippen LogP contribution in [0.1, 0.15) is 5.56 Å². The van der Waals surface area contributed by atoms with Gasteiger partial charge >= 0.3 is 0 Å². The van der Waals surface area contributed by atoms with Gasteiger partial charge in [-0.15, -0.1) is 0 Å². The fourth-order valence-electron chi connectivity index (χ4n) is 1.25. The van der Waals surface area contributed by atoms with E-state index < -0.39 is 0 Å². The summed E-state index contributed by atoms with van der Waals surface area (Å²) < 4.78 is 1.60. The Balaban J connectivity index is 2.49. The maximum atomic E-state index is 4.22. The Hall–Kier alpha value is -1.98. The normalized spacial score (nSPS) is 10.3. The van der Waals surface area contributed by atoms with Gasteiger partial charge in [-0.05, 0) is 35.0 Å². The molecule has 0 amide bonds. The second kappa shape index (κ2) is 3.64. The number of aryl methyl sites for hydroxylation is 1. The van der Waals surface area contributed by atoms with Crippen LogP contribution in [0.3, 0.4) is 0 Å². The molecule has 2 rings (SSSR count). The van der Waals surface area contributed by atoms with Crippen molar-refractivity contribution in [3.63, 3.8) is 0 Å². The summed E-state index contributed by atoms with van der Waals surface area (Å²) in [7, 11) is 3.77. The van der Waals surface area contributed by atoms with E-state index in [2.05, 4.69) is 20.5 Å². The Morgan fingerprint density at radius 1 is 1.33 bits per heavy atom. The first-order chi connectivity index (χ1) is 7.18. The van der Waals surface area contributed by atoms with Gasteiger partial charge in [-0.1, -0.05) is 5.10 Å². The number of tetrazole rings is 1. The van der Waals surface area contributed by atoms with Gasteiger partial charge in [-0.3, -0.25) is 0 Å². The third-order valence-electron chi connectivity index (χ3n) is 1.97. The van der Waals surface area contributed by atoms with Crippen molar-refractivity contribution >= 4 is 5.95 Å².